The van der Waals surface area contributed by atoms with E-state index in [1.165, 1.54) is 24.0 Å². The lowest BCUT2D eigenvalue weighted by molar-refractivity contribution is 0.310. The van der Waals surface area contributed by atoms with Crippen molar-refractivity contribution in [2.24, 2.45) is 0 Å². The van der Waals surface area contributed by atoms with E-state index in [0.29, 0.717) is 35.9 Å². The Bertz CT molecular complexity index is 1110. The highest BCUT2D eigenvalue weighted by Gasteiger charge is 2.23. The number of nitrogens with one attached hydrogen (secondary N) is 1. The molecular weight excluding hydrogens is 366 g/mol. The Morgan fingerprint density at radius 1 is 0.931 bits per heavy atom. The Balaban J connectivity index is 1.56. The lowest BCUT2D eigenvalue weighted by Crippen LogP contribution is -2.36. The van der Waals surface area contributed by atoms with Gasteiger partial charge in [-0.15, -0.1) is 0 Å². The van der Waals surface area contributed by atoms with E-state index < -0.39 is 10.9 Å². The van der Waals surface area contributed by atoms with Crippen molar-refractivity contribution < 1.29 is 9.47 Å². The van der Waals surface area contributed by atoms with Gasteiger partial charge in [0.1, 0.15) is 0 Å². The summed E-state index contributed by atoms with van der Waals surface area (Å²) in [6.07, 6.45) is 4.51. The second kappa shape index (κ2) is 8.11. The number of benzene rings is 2. The number of rotatable bonds is 7. The van der Waals surface area contributed by atoms with E-state index in [9.17, 15) is 9.59 Å². The first-order valence-corrected chi connectivity index (χ1v) is 10.1. The van der Waals surface area contributed by atoms with Gasteiger partial charge in [-0.2, -0.15) is 0 Å². The molecule has 1 aliphatic rings. The molecule has 0 unspecified atom stereocenters. The largest absolute Gasteiger partial charge is 0.493 e. The Kier molecular flexibility index (Phi) is 5.38. The molecular formula is C24H25NO4. The summed E-state index contributed by atoms with van der Waals surface area (Å²) in [7, 11) is 1.60. The molecule has 0 atom stereocenters. The third-order valence-corrected chi connectivity index (χ3v) is 5.54. The Morgan fingerprint density at radius 2 is 1.72 bits per heavy atom. The summed E-state index contributed by atoms with van der Waals surface area (Å²) in [6.45, 7) is 2.90. The van der Waals surface area contributed by atoms with Gasteiger partial charge < -0.3 is 14.8 Å². The molecule has 0 saturated heterocycles. The van der Waals surface area contributed by atoms with E-state index in [1.54, 1.807) is 7.11 Å². The van der Waals surface area contributed by atoms with Gasteiger partial charge in [0.15, 0.2) is 11.5 Å². The van der Waals surface area contributed by atoms with Crippen LogP contribution in [0.25, 0.3) is 11.1 Å². The van der Waals surface area contributed by atoms with Crippen molar-refractivity contribution >= 4 is 5.69 Å². The molecule has 0 aliphatic heterocycles. The van der Waals surface area contributed by atoms with Crippen LogP contribution in [0.5, 0.6) is 11.5 Å². The quantitative estimate of drug-likeness (QED) is 0.620. The van der Waals surface area contributed by atoms with Crippen LogP contribution in [0.3, 0.4) is 0 Å². The molecule has 0 spiro atoms. The molecule has 3 aromatic rings. The standard InChI is InChI=1S/C24H25NO4/c1-3-29-19-11-8-15(12-20(19)28-2)14-25-22-21(23(26)24(22)27)18-10-9-16-6-4-5-7-17(16)13-18/h8-13,25H,3-7,14H2,1-2H3. The Morgan fingerprint density at radius 3 is 2.48 bits per heavy atom. The van der Waals surface area contributed by atoms with E-state index in [4.69, 9.17) is 9.47 Å². The fourth-order valence-corrected chi connectivity index (χ4v) is 4.01. The molecule has 5 nitrogen and oxygen atoms in total. The smallest absolute Gasteiger partial charge is 0.250 e. The van der Waals surface area contributed by atoms with E-state index in [-0.39, 0.29) is 0 Å². The summed E-state index contributed by atoms with van der Waals surface area (Å²) in [5, 5.41) is 3.16. The van der Waals surface area contributed by atoms with Crippen molar-refractivity contribution in [3.63, 3.8) is 0 Å². The van der Waals surface area contributed by atoms with Crippen LogP contribution >= 0.6 is 0 Å². The van der Waals surface area contributed by atoms with Crippen molar-refractivity contribution in [1.82, 2.24) is 0 Å². The molecule has 1 aliphatic carbocycles. The molecule has 0 fully saturated rings. The maximum Gasteiger partial charge on any atom is 0.250 e. The number of fused-ring (bicyclic) bond motifs is 1. The van der Waals surface area contributed by atoms with Crippen molar-refractivity contribution in [1.29, 1.82) is 0 Å². The van der Waals surface area contributed by atoms with E-state index >= 15 is 0 Å². The van der Waals surface area contributed by atoms with Crippen molar-refractivity contribution in [2.75, 3.05) is 19.0 Å². The van der Waals surface area contributed by atoms with Crippen molar-refractivity contribution in [3.05, 3.63) is 73.5 Å². The van der Waals surface area contributed by atoms with Crippen LogP contribution in [0.1, 0.15) is 36.5 Å². The minimum Gasteiger partial charge on any atom is -0.493 e. The highest BCUT2D eigenvalue weighted by atomic mass is 16.5. The zero-order valence-electron chi connectivity index (χ0n) is 16.8. The van der Waals surface area contributed by atoms with Crippen LogP contribution in [0.2, 0.25) is 0 Å². The summed E-state index contributed by atoms with van der Waals surface area (Å²) in [4.78, 5) is 24.5. The Hall–Kier alpha value is -3.08. The molecule has 0 bridgehead atoms. The maximum absolute atomic E-state index is 12.3. The number of ether oxygens (including phenoxy) is 2. The maximum atomic E-state index is 12.3. The summed E-state index contributed by atoms with van der Waals surface area (Å²) in [6, 6.07) is 11.8. The van der Waals surface area contributed by atoms with Gasteiger partial charge in [0.25, 0.3) is 0 Å². The normalized spacial score (nSPS) is 13.2. The molecule has 0 heterocycles. The molecule has 0 saturated carbocycles. The molecule has 1 N–H and O–H groups in total. The average molecular weight is 391 g/mol. The Labute approximate surface area is 170 Å². The summed E-state index contributed by atoms with van der Waals surface area (Å²) in [5.74, 6) is 1.33. The van der Waals surface area contributed by atoms with E-state index in [0.717, 1.165) is 24.0 Å². The van der Waals surface area contributed by atoms with Gasteiger partial charge in [-0.25, -0.2) is 0 Å². The van der Waals surface area contributed by atoms with Crippen LogP contribution < -0.4 is 25.6 Å². The van der Waals surface area contributed by atoms with Gasteiger partial charge in [0.05, 0.1) is 25.0 Å². The van der Waals surface area contributed by atoms with E-state index in [1.807, 2.05) is 31.2 Å². The monoisotopic (exact) mass is 391 g/mol. The first-order chi connectivity index (χ1) is 14.1. The number of aryl methyl sites for hydroxylation is 2. The second-order valence-corrected chi connectivity index (χ2v) is 7.37. The summed E-state index contributed by atoms with van der Waals surface area (Å²) in [5.41, 5.74) is 4.47. The van der Waals surface area contributed by atoms with Gasteiger partial charge in [0.2, 0.25) is 10.9 Å². The third kappa shape index (κ3) is 3.65. The predicted octanol–water partition coefficient (Wildman–Crippen LogP) is 3.85. The minimum absolute atomic E-state index is 0.401. The first-order valence-electron chi connectivity index (χ1n) is 10.1. The second-order valence-electron chi connectivity index (χ2n) is 7.37. The topological polar surface area (TPSA) is 64.6 Å². The molecule has 29 heavy (non-hydrogen) atoms. The average Bonchev–Trinajstić information content (AvgIpc) is 2.76. The first kappa shape index (κ1) is 19.2. The lowest BCUT2D eigenvalue weighted by atomic mass is 9.88. The van der Waals surface area contributed by atoms with Gasteiger partial charge in [-0.1, -0.05) is 24.3 Å². The van der Waals surface area contributed by atoms with Crippen LogP contribution in [-0.4, -0.2) is 13.7 Å². The van der Waals surface area contributed by atoms with Gasteiger partial charge in [-0.05, 0) is 67.0 Å². The van der Waals surface area contributed by atoms with Crippen molar-refractivity contribution in [2.45, 2.75) is 39.2 Å². The summed E-state index contributed by atoms with van der Waals surface area (Å²) >= 11 is 0. The zero-order chi connectivity index (χ0) is 20.4. The molecule has 4 rings (SSSR count). The van der Waals surface area contributed by atoms with Crippen LogP contribution in [-0.2, 0) is 19.4 Å². The highest BCUT2D eigenvalue weighted by Crippen LogP contribution is 2.31. The number of hydrogen-bond acceptors (Lipinski definition) is 5. The van der Waals surface area contributed by atoms with Gasteiger partial charge >= 0.3 is 0 Å². The zero-order valence-corrected chi connectivity index (χ0v) is 16.8. The molecule has 5 heteroatoms. The highest BCUT2D eigenvalue weighted by molar-refractivity contribution is 5.82. The van der Waals surface area contributed by atoms with Gasteiger partial charge in [0, 0.05) is 6.54 Å². The van der Waals surface area contributed by atoms with Crippen LogP contribution in [0.15, 0.2) is 46.0 Å². The van der Waals surface area contributed by atoms with E-state index in [2.05, 4.69) is 17.4 Å². The molecule has 0 aromatic heterocycles. The fraction of sp³-hybridized carbons (Fsp3) is 0.333. The predicted molar refractivity (Wildman–Crippen MR) is 115 cm³/mol. The van der Waals surface area contributed by atoms with Crippen LogP contribution in [0.4, 0.5) is 5.69 Å². The third-order valence-electron chi connectivity index (χ3n) is 5.54. The molecule has 0 radical (unpaired) electrons. The number of methoxy groups -OCH3 is 1. The minimum atomic E-state index is -0.448. The lowest BCUT2D eigenvalue weighted by Gasteiger charge is -2.19. The number of hydrogen-bond donors (Lipinski definition) is 1. The molecule has 150 valence electrons. The number of anilines is 1. The molecule has 3 aromatic carbocycles. The van der Waals surface area contributed by atoms with Crippen LogP contribution in [0, 0.1) is 0 Å². The fourth-order valence-electron chi connectivity index (χ4n) is 4.01. The van der Waals surface area contributed by atoms with Crippen molar-refractivity contribution in [3.8, 4) is 22.6 Å². The van der Waals surface area contributed by atoms with Gasteiger partial charge in [-0.3, -0.25) is 9.59 Å². The SMILES string of the molecule is CCOc1ccc(CNc2c(-c3ccc4c(c3)CCCC4)c(=O)c2=O)cc1OC. The summed E-state index contributed by atoms with van der Waals surface area (Å²) < 4.78 is 10.9. The molecule has 0 amide bonds.